The zero-order chi connectivity index (χ0) is 10.9. The molecule has 0 aliphatic carbocycles. The molecular weight excluding hydrogens is 214 g/mol. The lowest BCUT2D eigenvalue weighted by Crippen LogP contribution is -2.28. The minimum absolute atomic E-state index is 0.156. The van der Waals surface area contributed by atoms with Crippen LogP contribution in [-0.2, 0) is 11.3 Å². The van der Waals surface area contributed by atoms with Crippen molar-refractivity contribution in [3.63, 3.8) is 0 Å². The van der Waals surface area contributed by atoms with Gasteiger partial charge in [-0.1, -0.05) is 11.6 Å². The molecule has 0 aromatic carbocycles. The Balaban J connectivity index is 3.15. The molecule has 0 aliphatic rings. The van der Waals surface area contributed by atoms with Gasteiger partial charge in [0, 0.05) is 0 Å². The van der Waals surface area contributed by atoms with Crippen LogP contribution in [0.4, 0.5) is 5.82 Å². The van der Waals surface area contributed by atoms with E-state index in [4.69, 9.17) is 11.6 Å². The quantitative estimate of drug-likeness (QED) is 0.503. The fourth-order valence-electron chi connectivity index (χ4n) is 0.901. The molecule has 0 spiro atoms. The maximum atomic E-state index is 10.4. The largest absolute Gasteiger partial charge is 0.548 e. The van der Waals surface area contributed by atoms with E-state index in [0.717, 1.165) is 4.68 Å². The lowest BCUT2D eigenvalue weighted by atomic mass is 10.4. The molecule has 14 heavy (non-hydrogen) atoms. The molecule has 1 aromatic heterocycles. The molecule has 7 nitrogen and oxygen atoms in total. The van der Waals surface area contributed by atoms with Gasteiger partial charge in [0.1, 0.15) is 6.54 Å². The molecule has 76 valence electrons. The van der Waals surface area contributed by atoms with E-state index < -0.39 is 23.3 Å². The highest BCUT2D eigenvalue weighted by molar-refractivity contribution is 6.33. The Morgan fingerprint density at radius 1 is 1.71 bits per heavy atom. The van der Waals surface area contributed by atoms with Crippen molar-refractivity contribution in [2.75, 3.05) is 0 Å². The maximum absolute atomic E-state index is 10.4. The number of nitro groups is 1. The van der Waals surface area contributed by atoms with Gasteiger partial charge in [0.2, 0.25) is 0 Å². The molecule has 0 unspecified atom stereocenters. The number of halogens is 1. The third-order valence-electron chi connectivity index (χ3n) is 1.57. The van der Waals surface area contributed by atoms with Crippen molar-refractivity contribution < 1.29 is 14.8 Å². The number of carboxylic acids is 1. The maximum Gasteiger partial charge on any atom is 0.408 e. The van der Waals surface area contributed by atoms with Gasteiger partial charge in [-0.25, -0.2) is 0 Å². The van der Waals surface area contributed by atoms with Crippen molar-refractivity contribution in [1.29, 1.82) is 0 Å². The Kier molecular flexibility index (Phi) is 2.70. The number of carbonyl (C=O) groups is 1. The zero-order valence-electron chi connectivity index (χ0n) is 7.06. The summed E-state index contributed by atoms with van der Waals surface area (Å²) in [5.41, 5.74) is 0.225. The number of aliphatic carboxylic acids is 1. The average Bonchev–Trinajstić information content (AvgIpc) is 2.32. The fourth-order valence-corrected chi connectivity index (χ4v) is 1.11. The number of carbonyl (C=O) groups excluding carboxylic acids is 1. The standard InChI is InChI=1S/C6H6ClN3O4/c1-3-5(7)6(10(13)14)8-9(3)2-4(11)12/h2H2,1H3,(H,11,12)/p-1. The Hall–Kier alpha value is -1.63. The van der Waals surface area contributed by atoms with E-state index in [9.17, 15) is 20.0 Å². The lowest BCUT2D eigenvalue weighted by Gasteiger charge is -1.99. The first-order chi connectivity index (χ1) is 6.43. The van der Waals surface area contributed by atoms with Crippen LogP contribution in [0, 0.1) is 17.0 Å². The Labute approximate surface area is 83.0 Å². The van der Waals surface area contributed by atoms with Crippen LogP contribution < -0.4 is 5.11 Å². The third kappa shape index (κ3) is 1.82. The molecule has 0 fully saturated rings. The summed E-state index contributed by atoms with van der Waals surface area (Å²) in [6, 6.07) is 0. The van der Waals surface area contributed by atoms with Crippen LogP contribution >= 0.6 is 11.6 Å². The summed E-state index contributed by atoms with van der Waals surface area (Å²) in [5.74, 6) is -1.94. The van der Waals surface area contributed by atoms with Gasteiger partial charge in [-0.15, -0.1) is 0 Å². The lowest BCUT2D eigenvalue weighted by molar-refractivity contribution is -0.389. The number of hydrogen-bond donors (Lipinski definition) is 0. The van der Waals surface area contributed by atoms with Crippen molar-refractivity contribution in [2.45, 2.75) is 13.5 Å². The van der Waals surface area contributed by atoms with E-state index >= 15 is 0 Å². The van der Waals surface area contributed by atoms with Gasteiger partial charge in [0.05, 0.1) is 16.8 Å². The van der Waals surface area contributed by atoms with Crippen LogP contribution in [0.1, 0.15) is 5.69 Å². The first-order valence-corrected chi connectivity index (χ1v) is 3.88. The van der Waals surface area contributed by atoms with Gasteiger partial charge in [0.15, 0.2) is 5.02 Å². The molecule has 1 aromatic rings. The predicted molar refractivity (Wildman–Crippen MR) is 43.6 cm³/mol. The number of carboxylic acid groups (broad SMARTS) is 1. The van der Waals surface area contributed by atoms with Gasteiger partial charge in [-0.05, 0) is 11.8 Å². The highest BCUT2D eigenvalue weighted by Gasteiger charge is 2.23. The summed E-state index contributed by atoms with van der Waals surface area (Å²) in [7, 11) is 0. The van der Waals surface area contributed by atoms with Gasteiger partial charge < -0.3 is 20.0 Å². The summed E-state index contributed by atoms with van der Waals surface area (Å²) in [4.78, 5) is 19.8. The molecule has 8 heteroatoms. The van der Waals surface area contributed by atoms with Crippen LogP contribution in [-0.4, -0.2) is 20.7 Å². The molecule has 1 heterocycles. The molecule has 1 rings (SSSR count). The van der Waals surface area contributed by atoms with Crippen LogP contribution in [0.2, 0.25) is 5.02 Å². The van der Waals surface area contributed by atoms with Crippen molar-refractivity contribution in [1.82, 2.24) is 9.78 Å². The summed E-state index contributed by atoms with van der Waals surface area (Å²) >= 11 is 5.55. The second kappa shape index (κ2) is 3.62. The molecule has 0 radical (unpaired) electrons. The summed E-state index contributed by atoms with van der Waals surface area (Å²) in [5, 5.41) is 23.8. The van der Waals surface area contributed by atoms with Gasteiger partial charge >= 0.3 is 5.82 Å². The Bertz CT molecular complexity index is 400. The fraction of sp³-hybridized carbons (Fsp3) is 0.333. The van der Waals surface area contributed by atoms with Crippen LogP contribution in [0.15, 0.2) is 0 Å². The van der Waals surface area contributed by atoms with E-state index in [1.807, 2.05) is 0 Å². The summed E-state index contributed by atoms with van der Waals surface area (Å²) in [6.45, 7) is 0.880. The van der Waals surface area contributed by atoms with E-state index in [2.05, 4.69) is 5.10 Å². The minimum atomic E-state index is -1.39. The molecule has 0 bridgehead atoms. The first-order valence-electron chi connectivity index (χ1n) is 3.50. The highest BCUT2D eigenvalue weighted by atomic mass is 35.5. The molecule has 0 amide bonds. The smallest absolute Gasteiger partial charge is 0.408 e. The highest BCUT2D eigenvalue weighted by Crippen LogP contribution is 2.25. The second-order valence-corrected chi connectivity index (χ2v) is 2.89. The predicted octanol–water partition coefficient (Wildman–Crippen LogP) is -0.497. The zero-order valence-corrected chi connectivity index (χ0v) is 7.82. The molecular formula is C6H5ClN3O4-. The topological polar surface area (TPSA) is 101 Å². The summed E-state index contributed by atoms with van der Waals surface area (Å²) in [6.07, 6.45) is 0. The van der Waals surface area contributed by atoms with Crippen molar-refractivity contribution >= 4 is 23.4 Å². The van der Waals surface area contributed by atoms with Crippen molar-refractivity contribution in [3.8, 4) is 0 Å². The number of nitrogens with zero attached hydrogens (tertiary/aromatic N) is 3. The summed E-state index contributed by atoms with van der Waals surface area (Å²) < 4.78 is 0.912. The van der Waals surface area contributed by atoms with Crippen molar-refractivity contribution in [2.24, 2.45) is 0 Å². The Morgan fingerprint density at radius 2 is 2.29 bits per heavy atom. The normalized spacial score (nSPS) is 10.1. The Morgan fingerprint density at radius 3 is 2.64 bits per heavy atom. The second-order valence-electron chi connectivity index (χ2n) is 2.51. The van der Waals surface area contributed by atoms with Gasteiger partial charge in [-0.3, -0.25) is 0 Å². The van der Waals surface area contributed by atoms with Gasteiger partial charge in [0.25, 0.3) is 0 Å². The number of rotatable bonds is 3. The van der Waals surface area contributed by atoms with Gasteiger partial charge in [-0.2, -0.15) is 4.68 Å². The van der Waals surface area contributed by atoms with E-state index in [1.54, 1.807) is 0 Å². The molecule has 0 saturated heterocycles. The van der Waals surface area contributed by atoms with Crippen molar-refractivity contribution in [3.05, 3.63) is 20.8 Å². The van der Waals surface area contributed by atoms with E-state index in [0.29, 0.717) is 0 Å². The molecule has 0 atom stereocenters. The van der Waals surface area contributed by atoms with E-state index in [-0.39, 0.29) is 10.7 Å². The van der Waals surface area contributed by atoms with Crippen LogP contribution in [0.25, 0.3) is 0 Å². The number of aromatic nitrogens is 2. The molecule has 0 aliphatic heterocycles. The molecule has 0 N–H and O–H groups in total. The van der Waals surface area contributed by atoms with E-state index in [1.165, 1.54) is 6.92 Å². The average molecular weight is 219 g/mol. The number of hydrogen-bond acceptors (Lipinski definition) is 5. The monoisotopic (exact) mass is 218 g/mol. The minimum Gasteiger partial charge on any atom is -0.548 e. The third-order valence-corrected chi connectivity index (χ3v) is 2.01. The first kappa shape index (κ1) is 10.5. The van der Waals surface area contributed by atoms with Crippen LogP contribution in [0.5, 0.6) is 0 Å². The SMILES string of the molecule is Cc1c(Cl)c([N+](=O)[O-])nn1CC(=O)[O-]. The molecule has 0 saturated carbocycles. The van der Waals surface area contributed by atoms with Crippen LogP contribution in [0.3, 0.4) is 0 Å².